The number of pyridine rings is 1. The average Bonchev–Trinajstić information content (AvgIpc) is 2.78. The molecule has 0 spiro atoms. The molecule has 0 aliphatic carbocycles. The van der Waals surface area contributed by atoms with E-state index < -0.39 is 23.2 Å². The molecule has 0 aliphatic heterocycles. The quantitative estimate of drug-likeness (QED) is 0.473. The number of rotatable bonds is 5. The molecule has 7 heteroatoms. The number of aromatic hydroxyl groups is 1. The van der Waals surface area contributed by atoms with Gasteiger partial charge in [0.05, 0.1) is 12.6 Å². The van der Waals surface area contributed by atoms with Crippen molar-refractivity contribution < 1.29 is 19.4 Å². The summed E-state index contributed by atoms with van der Waals surface area (Å²) in [6.45, 7) is 5.26. The van der Waals surface area contributed by atoms with Crippen molar-refractivity contribution in [3.8, 4) is 17.6 Å². The Morgan fingerprint density at radius 2 is 1.88 bits per heavy atom. The number of nitrogens with one attached hydrogen (secondary N) is 1. The predicted octanol–water partition coefficient (Wildman–Crippen LogP) is 4.78. The number of aliphatic hydroxyl groups is 1. The van der Waals surface area contributed by atoms with Gasteiger partial charge in [-0.3, -0.25) is 4.79 Å². The first-order valence-corrected chi connectivity index (χ1v) is 10.6. The molecule has 0 aliphatic rings. The van der Waals surface area contributed by atoms with Gasteiger partial charge in [-0.1, -0.05) is 35.6 Å². The van der Waals surface area contributed by atoms with Crippen LogP contribution in [0.1, 0.15) is 52.8 Å². The van der Waals surface area contributed by atoms with Gasteiger partial charge in [-0.05, 0) is 68.8 Å². The molecular formula is C26H24ClFN2O3. The number of phenolic OH excluding ortho intramolecular Hbond substituents is 1. The topological polar surface area (TPSA) is 82.5 Å². The van der Waals surface area contributed by atoms with E-state index in [-0.39, 0.29) is 23.6 Å². The Balaban J connectivity index is 1.99. The highest BCUT2D eigenvalue weighted by Crippen LogP contribution is 2.31. The van der Waals surface area contributed by atoms with Crippen LogP contribution in [0.25, 0.3) is 0 Å². The maximum atomic E-state index is 14.0. The van der Waals surface area contributed by atoms with Gasteiger partial charge in [0.15, 0.2) is 0 Å². The zero-order chi connectivity index (χ0) is 24.2. The van der Waals surface area contributed by atoms with Crippen LogP contribution >= 0.6 is 11.6 Å². The number of hydrogen-bond donors (Lipinski definition) is 3. The van der Waals surface area contributed by atoms with Crippen molar-refractivity contribution in [2.45, 2.75) is 26.8 Å². The molecule has 1 amide bonds. The van der Waals surface area contributed by atoms with Crippen LogP contribution in [0, 0.1) is 30.0 Å². The molecule has 3 N–H and O–H groups in total. The van der Waals surface area contributed by atoms with Crippen LogP contribution in [0.2, 0.25) is 5.02 Å². The first-order chi connectivity index (χ1) is 15.6. The Bertz CT molecular complexity index is 1230. The molecule has 3 rings (SSSR count). The van der Waals surface area contributed by atoms with Gasteiger partial charge in [0, 0.05) is 27.3 Å². The van der Waals surface area contributed by atoms with E-state index in [4.69, 9.17) is 11.6 Å². The third-order valence-corrected chi connectivity index (χ3v) is 5.16. The van der Waals surface area contributed by atoms with Crippen molar-refractivity contribution >= 4 is 17.5 Å². The second-order valence-electron chi connectivity index (χ2n) is 8.34. The van der Waals surface area contributed by atoms with Gasteiger partial charge in [-0.25, -0.2) is 9.37 Å². The number of aryl methyl sites for hydroxylation is 1. The summed E-state index contributed by atoms with van der Waals surface area (Å²) >= 11 is 5.99. The number of amides is 1. The lowest BCUT2D eigenvalue weighted by Gasteiger charge is -2.21. The molecule has 3 aromatic rings. The number of carbonyl (C=O) groups is 1. The number of carbonyl (C=O) groups excluding carboxylic acids is 1. The van der Waals surface area contributed by atoms with E-state index in [1.54, 1.807) is 43.3 Å². The van der Waals surface area contributed by atoms with Crippen LogP contribution in [0.4, 0.5) is 4.39 Å². The van der Waals surface area contributed by atoms with E-state index in [9.17, 15) is 19.4 Å². The molecule has 0 fully saturated rings. The van der Waals surface area contributed by atoms with Crippen molar-refractivity contribution in [3.05, 3.63) is 93.5 Å². The summed E-state index contributed by atoms with van der Waals surface area (Å²) in [4.78, 5) is 17.5. The molecule has 5 nitrogen and oxygen atoms in total. The van der Waals surface area contributed by atoms with Crippen molar-refractivity contribution in [2.24, 2.45) is 5.41 Å². The average molecular weight is 467 g/mol. The van der Waals surface area contributed by atoms with Crippen LogP contribution in [-0.4, -0.2) is 27.7 Å². The molecule has 0 saturated carbocycles. The Hall–Kier alpha value is -3.40. The second-order valence-corrected chi connectivity index (χ2v) is 8.77. The normalized spacial score (nSPS) is 11.9. The first-order valence-electron chi connectivity index (χ1n) is 10.3. The van der Waals surface area contributed by atoms with Crippen molar-refractivity contribution in [1.82, 2.24) is 10.3 Å². The Kier molecular flexibility index (Phi) is 7.37. The first kappa shape index (κ1) is 24.2. The van der Waals surface area contributed by atoms with Gasteiger partial charge in [0.2, 0.25) is 0 Å². The molecule has 1 aromatic heterocycles. The summed E-state index contributed by atoms with van der Waals surface area (Å²) in [5.41, 5.74) is 1.50. The number of hydrogen-bond acceptors (Lipinski definition) is 4. The van der Waals surface area contributed by atoms with Crippen molar-refractivity contribution in [3.63, 3.8) is 0 Å². The molecule has 1 heterocycles. The summed E-state index contributed by atoms with van der Waals surface area (Å²) in [7, 11) is 0. The lowest BCUT2D eigenvalue weighted by Crippen LogP contribution is -2.30. The van der Waals surface area contributed by atoms with Gasteiger partial charge in [-0.15, -0.1) is 0 Å². The summed E-state index contributed by atoms with van der Waals surface area (Å²) in [5, 5.41) is 23.1. The molecule has 170 valence electrons. The third kappa shape index (κ3) is 6.32. The van der Waals surface area contributed by atoms with E-state index in [1.165, 1.54) is 12.1 Å². The molecule has 0 bridgehead atoms. The fraction of sp³-hybridized carbons (Fsp3) is 0.231. The predicted molar refractivity (Wildman–Crippen MR) is 126 cm³/mol. The van der Waals surface area contributed by atoms with Gasteiger partial charge in [0.1, 0.15) is 17.3 Å². The zero-order valence-corrected chi connectivity index (χ0v) is 19.2. The van der Waals surface area contributed by atoms with Crippen LogP contribution in [0.3, 0.4) is 0 Å². The van der Waals surface area contributed by atoms with Crippen LogP contribution < -0.4 is 5.32 Å². The fourth-order valence-corrected chi connectivity index (χ4v) is 3.22. The van der Waals surface area contributed by atoms with Gasteiger partial charge < -0.3 is 15.5 Å². The largest absolute Gasteiger partial charge is 0.508 e. The van der Waals surface area contributed by atoms with E-state index in [0.29, 0.717) is 21.8 Å². The van der Waals surface area contributed by atoms with E-state index in [0.717, 1.165) is 6.07 Å². The molecule has 33 heavy (non-hydrogen) atoms. The van der Waals surface area contributed by atoms with Gasteiger partial charge >= 0.3 is 0 Å². The second kappa shape index (κ2) is 10.0. The third-order valence-electron chi connectivity index (χ3n) is 4.91. The highest BCUT2D eigenvalue weighted by atomic mass is 35.5. The maximum absolute atomic E-state index is 14.0. The summed E-state index contributed by atoms with van der Waals surface area (Å²) in [5.74, 6) is 4.73. The standard InChI is InChI=1S/C26H24ClFN2O3/c1-16-12-17(10-11-26(2,3)15-31)13-22(29-16)25(33)30-24(18-4-6-19(27)7-5-18)21-14-20(28)8-9-23(21)32/h4-9,12-14,24,31-32H,15H2,1-3H3,(H,30,33). The summed E-state index contributed by atoms with van der Waals surface area (Å²) < 4.78 is 14.0. The molecule has 0 saturated heterocycles. The highest BCUT2D eigenvalue weighted by Gasteiger charge is 2.22. The minimum atomic E-state index is -0.851. The summed E-state index contributed by atoms with van der Waals surface area (Å²) in [6.07, 6.45) is 0. The van der Waals surface area contributed by atoms with Crippen LogP contribution in [0.5, 0.6) is 5.75 Å². The van der Waals surface area contributed by atoms with Crippen molar-refractivity contribution in [1.29, 1.82) is 0 Å². The highest BCUT2D eigenvalue weighted by molar-refractivity contribution is 6.30. The molecule has 2 aromatic carbocycles. The summed E-state index contributed by atoms with van der Waals surface area (Å²) in [6, 6.07) is 12.7. The number of benzene rings is 2. The number of aliphatic hydroxyl groups excluding tert-OH is 1. The maximum Gasteiger partial charge on any atom is 0.270 e. The minimum Gasteiger partial charge on any atom is -0.508 e. The Labute approximate surface area is 197 Å². The van der Waals surface area contributed by atoms with E-state index in [1.807, 2.05) is 13.8 Å². The number of aromatic nitrogens is 1. The molecule has 1 unspecified atom stereocenters. The molecule has 1 atom stereocenters. The molecule has 0 radical (unpaired) electrons. The van der Waals surface area contributed by atoms with E-state index >= 15 is 0 Å². The molecular weight excluding hydrogens is 443 g/mol. The number of phenols is 1. The fourth-order valence-electron chi connectivity index (χ4n) is 3.10. The Morgan fingerprint density at radius 1 is 1.18 bits per heavy atom. The van der Waals surface area contributed by atoms with Gasteiger partial charge in [-0.2, -0.15) is 0 Å². The smallest absolute Gasteiger partial charge is 0.270 e. The Morgan fingerprint density at radius 3 is 2.55 bits per heavy atom. The number of halogens is 2. The SMILES string of the molecule is Cc1cc(C#CC(C)(C)CO)cc(C(=O)NC(c2ccc(Cl)cc2)c2cc(F)ccc2O)n1. The minimum absolute atomic E-state index is 0.0999. The monoisotopic (exact) mass is 466 g/mol. The van der Waals surface area contributed by atoms with Crippen LogP contribution in [0.15, 0.2) is 54.6 Å². The lowest BCUT2D eigenvalue weighted by molar-refractivity contribution is 0.0937. The lowest BCUT2D eigenvalue weighted by atomic mass is 9.95. The van der Waals surface area contributed by atoms with Crippen molar-refractivity contribution in [2.75, 3.05) is 6.61 Å². The zero-order valence-electron chi connectivity index (χ0n) is 18.5. The van der Waals surface area contributed by atoms with E-state index in [2.05, 4.69) is 22.1 Å². The van der Waals surface area contributed by atoms with Crippen LogP contribution in [-0.2, 0) is 0 Å². The number of nitrogens with zero attached hydrogens (tertiary/aromatic N) is 1. The van der Waals surface area contributed by atoms with Gasteiger partial charge in [0.25, 0.3) is 5.91 Å².